The zero-order valence-corrected chi connectivity index (χ0v) is 8.64. The number of nitrogens with zero attached hydrogens (tertiary/aromatic N) is 1. The molecule has 8 nitrogen and oxygen atoms in total. The minimum absolute atomic E-state index is 0.0792. The lowest BCUT2D eigenvalue weighted by Gasteiger charge is -2.03. The summed E-state index contributed by atoms with van der Waals surface area (Å²) in [6.45, 7) is 0. The number of phenols is 1. The summed E-state index contributed by atoms with van der Waals surface area (Å²) in [5.74, 6) is -1.54. The number of nitrogen functional groups attached to an aromatic ring is 1. The van der Waals surface area contributed by atoms with Gasteiger partial charge < -0.3 is 10.8 Å². The van der Waals surface area contributed by atoms with Crippen LogP contribution in [-0.4, -0.2) is 23.0 Å². The molecular formula is C7H8N2O6S. The predicted molar refractivity (Wildman–Crippen MR) is 54.4 cm³/mol. The first-order valence-electron chi connectivity index (χ1n) is 3.91. The molecule has 1 aromatic rings. The van der Waals surface area contributed by atoms with Crippen LogP contribution < -0.4 is 5.73 Å². The van der Waals surface area contributed by atoms with Crippen molar-refractivity contribution in [3.8, 4) is 5.75 Å². The molecule has 0 aliphatic carbocycles. The largest absolute Gasteiger partial charge is 0.501 e. The van der Waals surface area contributed by atoms with Crippen LogP contribution in [0.3, 0.4) is 0 Å². The Hall–Kier alpha value is -1.87. The maximum absolute atomic E-state index is 10.6. The highest BCUT2D eigenvalue weighted by atomic mass is 32.2. The second-order valence-electron chi connectivity index (χ2n) is 3.04. The van der Waals surface area contributed by atoms with Crippen LogP contribution >= 0.6 is 0 Å². The van der Waals surface area contributed by atoms with E-state index in [0.717, 1.165) is 12.1 Å². The van der Waals surface area contributed by atoms with Gasteiger partial charge >= 0.3 is 5.69 Å². The summed E-state index contributed by atoms with van der Waals surface area (Å²) in [6.07, 6.45) is 0. The van der Waals surface area contributed by atoms with Crippen molar-refractivity contribution in [2.75, 3.05) is 5.73 Å². The van der Waals surface area contributed by atoms with Crippen molar-refractivity contribution in [3.05, 3.63) is 27.8 Å². The Morgan fingerprint density at radius 1 is 1.44 bits per heavy atom. The highest BCUT2D eigenvalue weighted by Gasteiger charge is 2.19. The van der Waals surface area contributed by atoms with Gasteiger partial charge in [-0.25, -0.2) is 0 Å². The van der Waals surface area contributed by atoms with Gasteiger partial charge in [-0.2, -0.15) is 8.42 Å². The normalized spacial score (nSPS) is 11.3. The highest BCUT2D eigenvalue weighted by molar-refractivity contribution is 7.85. The van der Waals surface area contributed by atoms with Gasteiger partial charge in [0.1, 0.15) is 5.75 Å². The number of rotatable bonds is 3. The SMILES string of the molecule is Nc1cc(CS(=O)(=O)O)cc([N+](=O)[O-])c1O. The molecule has 0 fully saturated rings. The van der Waals surface area contributed by atoms with Crippen LogP contribution in [0.1, 0.15) is 5.56 Å². The van der Waals surface area contributed by atoms with Crippen LogP contribution in [-0.2, 0) is 15.9 Å². The van der Waals surface area contributed by atoms with E-state index in [-0.39, 0.29) is 11.3 Å². The smallest absolute Gasteiger partial charge is 0.313 e. The van der Waals surface area contributed by atoms with Crippen molar-refractivity contribution in [3.63, 3.8) is 0 Å². The first-order valence-corrected chi connectivity index (χ1v) is 5.52. The van der Waals surface area contributed by atoms with Crippen molar-refractivity contribution in [1.29, 1.82) is 0 Å². The molecule has 0 radical (unpaired) electrons. The van der Waals surface area contributed by atoms with Crippen LogP contribution in [0, 0.1) is 10.1 Å². The van der Waals surface area contributed by atoms with Crippen LogP contribution in [0.2, 0.25) is 0 Å². The molecule has 0 aliphatic heterocycles. The van der Waals surface area contributed by atoms with Crippen molar-refractivity contribution >= 4 is 21.5 Å². The lowest BCUT2D eigenvalue weighted by Crippen LogP contribution is -2.03. The average molecular weight is 248 g/mol. The van der Waals surface area contributed by atoms with Crippen LogP contribution in [0.15, 0.2) is 12.1 Å². The van der Waals surface area contributed by atoms with E-state index in [1.54, 1.807) is 0 Å². The molecule has 0 aromatic heterocycles. The Morgan fingerprint density at radius 3 is 2.44 bits per heavy atom. The third-order valence-corrected chi connectivity index (χ3v) is 2.42. The number of aromatic hydroxyl groups is 1. The Morgan fingerprint density at radius 2 is 2.00 bits per heavy atom. The molecule has 0 heterocycles. The van der Waals surface area contributed by atoms with Gasteiger partial charge in [0.25, 0.3) is 10.1 Å². The lowest BCUT2D eigenvalue weighted by atomic mass is 10.2. The quantitative estimate of drug-likeness (QED) is 0.229. The van der Waals surface area contributed by atoms with Gasteiger partial charge in [0, 0.05) is 6.07 Å². The summed E-state index contributed by atoms with van der Waals surface area (Å²) in [4.78, 5) is 9.57. The number of nitrogens with two attached hydrogens (primary N) is 1. The van der Waals surface area contributed by atoms with E-state index in [4.69, 9.17) is 10.3 Å². The number of anilines is 1. The monoisotopic (exact) mass is 248 g/mol. The number of benzene rings is 1. The van der Waals surface area contributed by atoms with Gasteiger partial charge in [0.2, 0.25) is 5.75 Å². The average Bonchev–Trinajstić information content (AvgIpc) is 2.07. The fourth-order valence-electron chi connectivity index (χ4n) is 1.13. The molecule has 0 aliphatic rings. The summed E-state index contributed by atoms with van der Waals surface area (Å²) in [6, 6.07) is 1.87. The molecule has 0 unspecified atom stereocenters. The summed E-state index contributed by atoms with van der Waals surface area (Å²) < 4.78 is 29.7. The molecule has 0 amide bonds. The zero-order valence-electron chi connectivity index (χ0n) is 7.82. The standard InChI is InChI=1S/C7H8N2O6S/c8-5-1-4(3-16(13,14)15)2-6(7(5)10)9(11)12/h1-2,10H,3,8H2,(H,13,14,15). The molecule has 0 saturated heterocycles. The summed E-state index contributed by atoms with van der Waals surface area (Å²) >= 11 is 0. The number of nitro groups is 1. The molecule has 0 spiro atoms. The zero-order chi connectivity index (χ0) is 12.5. The second-order valence-corrected chi connectivity index (χ2v) is 4.49. The van der Waals surface area contributed by atoms with Gasteiger partial charge in [-0.1, -0.05) is 0 Å². The van der Waals surface area contributed by atoms with Crippen molar-refractivity contribution in [2.45, 2.75) is 5.75 Å². The van der Waals surface area contributed by atoms with E-state index in [2.05, 4.69) is 0 Å². The highest BCUT2D eigenvalue weighted by Crippen LogP contribution is 2.33. The fourth-order valence-corrected chi connectivity index (χ4v) is 1.72. The molecule has 1 aromatic carbocycles. The van der Waals surface area contributed by atoms with Gasteiger partial charge in [0.15, 0.2) is 0 Å². The number of hydrogen-bond donors (Lipinski definition) is 3. The minimum atomic E-state index is -4.31. The van der Waals surface area contributed by atoms with Gasteiger partial charge in [-0.3, -0.25) is 14.7 Å². The van der Waals surface area contributed by atoms with Crippen molar-refractivity contribution < 1.29 is 23.0 Å². The fraction of sp³-hybridized carbons (Fsp3) is 0.143. The molecule has 0 saturated carbocycles. The van der Waals surface area contributed by atoms with Crippen LogP contribution in [0.5, 0.6) is 5.75 Å². The Bertz CT molecular complexity index is 538. The van der Waals surface area contributed by atoms with E-state index in [1.165, 1.54) is 0 Å². The molecule has 0 atom stereocenters. The molecule has 1 rings (SSSR count). The van der Waals surface area contributed by atoms with E-state index in [0.29, 0.717) is 0 Å². The molecular weight excluding hydrogens is 240 g/mol. The van der Waals surface area contributed by atoms with Crippen LogP contribution in [0.25, 0.3) is 0 Å². The minimum Gasteiger partial charge on any atom is -0.501 e. The topological polar surface area (TPSA) is 144 Å². The molecule has 16 heavy (non-hydrogen) atoms. The van der Waals surface area contributed by atoms with E-state index in [1.807, 2.05) is 0 Å². The van der Waals surface area contributed by atoms with E-state index in [9.17, 15) is 23.6 Å². The molecule has 4 N–H and O–H groups in total. The Labute approximate surface area is 90.2 Å². The van der Waals surface area contributed by atoms with E-state index >= 15 is 0 Å². The first-order chi connectivity index (χ1) is 7.20. The lowest BCUT2D eigenvalue weighted by molar-refractivity contribution is -0.385. The van der Waals surface area contributed by atoms with Crippen LogP contribution in [0.4, 0.5) is 11.4 Å². The maximum atomic E-state index is 10.6. The maximum Gasteiger partial charge on any atom is 0.313 e. The number of hydrogen-bond acceptors (Lipinski definition) is 6. The summed E-state index contributed by atoms with van der Waals surface area (Å²) in [7, 11) is -4.31. The van der Waals surface area contributed by atoms with Gasteiger partial charge in [-0.05, 0) is 11.6 Å². The van der Waals surface area contributed by atoms with Crippen molar-refractivity contribution in [1.82, 2.24) is 0 Å². The molecule has 0 bridgehead atoms. The second kappa shape index (κ2) is 3.94. The Balaban J connectivity index is 3.30. The third-order valence-electron chi connectivity index (χ3n) is 1.72. The first kappa shape index (κ1) is 12.2. The Kier molecular flexibility index (Phi) is 3.01. The molecule has 9 heteroatoms. The number of phenolic OH excluding ortho intramolecular Hbond substituents is 1. The van der Waals surface area contributed by atoms with Gasteiger partial charge in [-0.15, -0.1) is 0 Å². The third kappa shape index (κ3) is 2.81. The van der Waals surface area contributed by atoms with Crippen molar-refractivity contribution in [2.24, 2.45) is 0 Å². The van der Waals surface area contributed by atoms with E-state index < -0.39 is 32.2 Å². The molecule has 88 valence electrons. The van der Waals surface area contributed by atoms with Gasteiger partial charge in [0.05, 0.1) is 10.6 Å². The predicted octanol–water partition coefficient (Wildman–Crippen LogP) is 0.270. The summed E-state index contributed by atoms with van der Waals surface area (Å²) in [5, 5.41) is 19.7. The number of nitro benzene ring substituents is 1. The summed E-state index contributed by atoms with van der Waals surface area (Å²) in [5.41, 5.74) is 4.13.